The van der Waals surface area contributed by atoms with Gasteiger partial charge in [-0.15, -0.1) is 11.6 Å². The summed E-state index contributed by atoms with van der Waals surface area (Å²) in [5, 5.41) is 12.4. The molecular formula is C23H18ClF4N7O. The van der Waals surface area contributed by atoms with Gasteiger partial charge < -0.3 is 16.0 Å². The van der Waals surface area contributed by atoms with Gasteiger partial charge in [-0.05, 0) is 35.9 Å². The number of aryl methyl sites for hydroxylation is 1. The lowest BCUT2D eigenvalue weighted by Gasteiger charge is -2.15. The average molecular weight is 520 g/mol. The molecule has 0 atom stereocenters. The number of hydrogen-bond donors (Lipinski definition) is 3. The second-order valence-corrected chi connectivity index (χ2v) is 7.83. The smallest absolute Gasteiger partial charge is 0.337 e. The molecule has 36 heavy (non-hydrogen) atoms. The van der Waals surface area contributed by atoms with Crippen LogP contribution in [-0.4, -0.2) is 31.5 Å². The summed E-state index contributed by atoms with van der Waals surface area (Å²) in [5.41, 5.74) is 0.693. The molecule has 2 aromatic carbocycles. The van der Waals surface area contributed by atoms with E-state index in [1.165, 1.54) is 30.5 Å². The fraction of sp³-hybridized carbons (Fsp3) is 0.130. The van der Waals surface area contributed by atoms with Crippen LogP contribution in [0.4, 0.5) is 46.4 Å². The van der Waals surface area contributed by atoms with Gasteiger partial charge >= 0.3 is 6.18 Å². The fourth-order valence-corrected chi connectivity index (χ4v) is 3.29. The number of carbonyl (C=O) groups is 1. The number of aromatic nitrogens is 4. The lowest BCUT2D eigenvalue weighted by molar-refractivity contribution is -0.137. The molecule has 8 nitrogen and oxygen atoms in total. The Morgan fingerprint density at radius 2 is 1.81 bits per heavy atom. The minimum atomic E-state index is -4.50. The van der Waals surface area contributed by atoms with Crippen molar-refractivity contribution in [2.75, 3.05) is 21.8 Å². The molecule has 2 aromatic heterocycles. The minimum absolute atomic E-state index is 0.0402. The van der Waals surface area contributed by atoms with Gasteiger partial charge in [-0.25, -0.2) is 9.37 Å². The second-order valence-electron chi connectivity index (χ2n) is 7.56. The Balaban J connectivity index is 1.73. The highest BCUT2D eigenvalue weighted by atomic mass is 35.5. The number of hydrogen-bond acceptors (Lipinski definition) is 6. The normalized spacial score (nSPS) is 11.3. The highest BCUT2D eigenvalue weighted by Crippen LogP contribution is 2.34. The van der Waals surface area contributed by atoms with Crippen LogP contribution in [0.1, 0.15) is 5.56 Å². The zero-order chi connectivity index (χ0) is 25.9. The van der Waals surface area contributed by atoms with Crippen LogP contribution in [0.5, 0.6) is 0 Å². The van der Waals surface area contributed by atoms with Crippen molar-refractivity contribution in [3.05, 3.63) is 72.4 Å². The molecule has 0 unspecified atom stereocenters. The van der Waals surface area contributed by atoms with Crippen LogP contribution in [0, 0.1) is 5.82 Å². The number of rotatable bonds is 7. The summed E-state index contributed by atoms with van der Waals surface area (Å²) in [6, 6.07) is 8.25. The molecule has 3 N–H and O–H groups in total. The summed E-state index contributed by atoms with van der Waals surface area (Å²) in [7, 11) is 1.73. The Morgan fingerprint density at radius 3 is 2.44 bits per heavy atom. The molecule has 1 amide bonds. The van der Waals surface area contributed by atoms with E-state index in [4.69, 9.17) is 11.6 Å². The topological polar surface area (TPSA) is 96.8 Å². The first-order chi connectivity index (χ1) is 17.1. The Kier molecular flexibility index (Phi) is 7.06. The van der Waals surface area contributed by atoms with Crippen molar-refractivity contribution in [3.63, 3.8) is 0 Å². The fourth-order valence-electron chi connectivity index (χ4n) is 3.22. The second kappa shape index (κ2) is 10.2. The van der Waals surface area contributed by atoms with Crippen molar-refractivity contribution in [2.24, 2.45) is 7.05 Å². The van der Waals surface area contributed by atoms with E-state index in [1.54, 1.807) is 24.1 Å². The lowest BCUT2D eigenvalue weighted by Crippen LogP contribution is -2.13. The molecule has 0 saturated heterocycles. The molecule has 4 aromatic rings. The SMILES string of the molecule is Cn1cc(Nc2ncc(-c3ccc(C(F)(F)F)cc3)c(Nc3cc(NC(=O)CCl)ccc3F)n2)cn1. The molecule has 0 spiro atoms. The largest absolute Gasteiger partial charge is 0.416 e. The van der Waals surface area contributed by atoms with Crippen LogP contribution in [0.15, 0.2) is 61.1 Å². The van der Waals surface area contributed by atoms with Crippen molar-refractivity contribution < 1.29 is 22.4 Å². The quantitative estimate of drug-likeness (QED) is 0.214. The highest BCUT2D eigenvalue weighted by Gasteiger charge is 2.30. The third kappa shape index (κ3) is 5.89. The van der Waals surface area contributed by atoms with Crippen molar-refractivity contribution in [3.8, 4) is 11.1 Å². The monoisotopic (exact) mass is 519 g/mol. The maximum Gasteiger partial charge on any atom is 0.416 e. The van der Waals surface area contributed by atoms with E-state index in [-0.39, 0.29) is 29.0 Å². The first-order valence-electron chi connectivity index (χ1n) is 10.3. The number of benzene rings is 2. The van der Waals surface area contributed by atoms with Crippen LogP contribution in [-0.2, 0) is 18.0 Å². The Bertz CT molecular complexity index is 1390. The summed E-state index contributed by atoms with van der Waals surface area (Å²) in [6.45, 7) is 0. The zero-order valence-corrected chi connectivity index (χ0v) is 19.3. The molecule has 0 fully saturated rings. The van der Waals surface area contributed by atoms with Gasteiger partial charge in [-0.3, -0.25) is 9.48 Å². The molecule has 0 bridgehead atoms. The molecule has 13 heteroatoms. The Hall–Kier alpha value is -4.19. The first kappa shape index (κ1) is 24.9. The molecule has 0 radical (unpaired) electrons. The van der Waals surface area contributed by atoms with Gasteiger partial charge in [0.05, 0.1) is 23.1 Å². The van der Waals surface area contributed by atoms with Crippen molar-refractivity contribution >= 4 is 46.3 Å². The molecule has 0 aliphatic heterocycles. The summed E-state index contributed by atoms with van der Waals surface area (Å²) >= 11 is 5.51. The average Bonchev–Trinajstić information content (AvgIpc) is 3.25. The standard InChI is InChI=1S/C23H18ClF4N7O/c1-35-12-16(10-30-35)32-22-29-11-17(13-2-4-14(5-3-13)23(26,27)28)21(34-22)33-19-8-15(6-7-18(19)25)31-20(36)9-24/h2-8,10-12H,9H2,1H3,(H,31,36)(H2,29,32,33,34). The Labute approximate surface area is 207 Å². The van der Waals surface area contributed by atoms with Gasteiger partial charge in [0.1, 0.15) is 17.5 Å². The van der Waals surface area contributed by atoms with Gasteiger partial charge in [-0.2, -0.15) is 23.3 Å². The Morgan fingerprint density at radius 1 is 1.06 bits per heavy atom. The van der Waals surface area contributed by atoms with Crippen LogP contribution < -0.4 is 16.0 Å². The summed E-state index contributed by atoms with van der Waals surface area (Å²) in [6.07, 6.45) is 0.129. The highest BCUT2D eigenvalue weighted by molar-refractivity contribution is 6.29. The van der Waals surface area contributed by atoms with E-state index < -0.39 is 23.5 Å². The molecule has 2 heterocycles. The van der Waals surface area contributed by atoms with Crippen LogP contribution in [0.2, 0.25) is 0 Å². The van der Waals surface area contributed by atoms with E-state index in [2.05, 4.69) is 31.0 Å². The molecular weight excluding hydrogens is 502 g/mol. The molecule has 0 aliphatic rings. The van der Waals surface area contributed by atoms with Crippen LogP contribution in [0.25, 0.3) is 11.1 Å². The number of nitrogens with zero attached hydrogens (tertiary/aromatic N) is 4. The maximum atomic E-state index is 14.6. The molecule has 4 rings (SSSR count). The molecule has 186 valence electrons. The number of nitrogens with one attached hydrogen (secondary N) is 3. The predicted octanol–water partition coefficient (Wildman–Crippen LogP) is 5.70. The van der Waals surface area contributed by atoms with Gasteiger partial charge in [0.15, 0.2) is 0 Å². The van der Waals surface area contributed by atoms with E-state index in [0.29, 0.717) is 16.8 Å². The van der Waals surface area contributed by atoms with Gasteiger partial charge in [-0.1, -0.05) is 12.1 Å². The number of alkyl halides is 4. The summed E-state index contributed by atoms with van der Waals surface area (Å²) in [4.78, 5) is 20.3. The summed E-state index contributed by atoms with van der Waals surface area (Å²) in [5.74, 6) is -1.18. The van der Waals surface area contributed by atoms with Gasteiger partial charge in [0.25, 0.3) is 0 Å². The number of halogens is 5. The van der Waals surface area contributed by atoms with Crippen molar-refractivity contribution in [2.45, 2.75) is 6.18 Å². The van der Waals surface area contributed by atoms with Crippen molar-refractivity contribution in [1.82, 2.24) is 19.7 Å². The van der Waals surface area contributed by atoms with E-state index >= 15 is 0 Å². The van der Waals surface area contributed by atoms with E-state index in [9.17, 15) is 22.4 Å². The van der Waals surface area contributed by atoms with E-state index in [1.807, 2.05) is 0 Å². The zero-order valence-electron chi connectivity index (χ0n) is 18.6. The lowest BCUT2D eigenvalue weighted by atomic mass is 10.1. The van der Waals surface area contributed by atoms with Crippen LogP contribution in [0.3, 0.4) is 0 Å². The number of amides is 1. The minimum Gasteiger partial charge on any atom is -0.337 e. The third-order valence-corrected chi connectivity index (χ3v) is 5.14. The summed E-state index contributed by atoms with van der Waals surface area (Å²) < 4.78 is 55.3. The molecule has 0 aliphatic carbocycles. The van der Waals surface area contributed by atoms with Gasteiger partial charge in [0, 0.05) is 30.7 Å². The third-order valence-electron chi connectivity index (χ3n) is 4.90. The number of anilines is 5. The number of carbonyl (C=O) groups excluding carboxylic acids is 1. The van der Waals surface area contributed by atoms with E-state index in [0.717, 1.165) is 18.2 Å². The van der Waals surface area contributed by atoms with Crippen LogP contribution >= 0.6 is 11.6 Å². The van der Waals surface area contributed by atoms with Crippen molar-refractivity contribution in [1.29, 1.82) is 0 Å². The maximum absolute atomic E-state index is 14.6. The predicted molar refractivity (Wildman–Crippen MR) is 128 cm³/mol. The first-order valence-corrected chi connectivity index (χ1v) is 10.9. The van der Waals surface area contributed by atoms with Gasteiger partial charge in [0.2, 0.25) is 11.9 Å². The molecule has 0 saturated carbocycles.